The van der Waals surface area contributed by atoms with Gasteiger partial charge in [-0.3, -0.25) is 15.0 Å². The zero-order chi connectivity index (χ0) is 17.7. The second kappa shape index (κ2) is 5.70. The molecule has 1 N–H and O–H groups in total. The Morgan fingerprint density at radius 1 is 1.36 bits per heavy atom. The van der Waals surface area contributed by atoms with E-state index in [-0.39, 0.29) is 17.3 Å². The Morgan fingerprint density at radius 2 is 2.16 bits per heavy atom. The van der Waals surface area contributed by atoms with Gasteiger partial charge in [-0.25, -0.2) is 4.79 Å². The number of anilines is 1. The standard InChI is InChI=1S/C20H24N2O3/c1-3-19-10-6-12-21-20(19)15(13-18(24)25-2)14-7-4-5-8-16(14)22(20)17(23)9-11-19/h4-5,7-8,13,21H,3,6,9-12H2,1-2H3. The van der Waals surface area contributed by atoms with Gasteiger partial charge in [0.1, 0.15) is 5.66 Å². The van der Waals surface area contributed by atoms with Gasteiger partial charge in [-0.05, 0) is 38.3 Å². The molecular weight excluding hydrogens is 316 g/mol. The molecule has 0 aliphatic carbocycles. The van der Waals surface area contributed by atoms with Crippen molar-refractivity contribution in [1.82, 2.24) is 5.32 Å². The molecule has 5 nitrogen and oxygen atoms in total. The summed E-state index contributed by atoms with van der Waals surface area (Å²) in [5.74, 6) is -0.254. The largest absolute Gasteiger partial charge is 0.466 e. The molecular formula is C20H24N2O3. The van der Waals surface area contributed by atoms with Crippen molar-refractivity contribution in [2.75, 3.05) is 18.6 Å². The maximum atomic E-state index is 13.0. The molecule has 1 amide bonds. The molecule has 2 saturated heterocycles. The fraction of sp³-hybridized carbons (Fsp3) is 0.500. The number of rotatable bonds is 2. The second-order valence-corrected chi connectivity index (χ2v) is 7.20. The molecule has 3 aliphatic rings. The van der Waals surface area contributed by atoms with E-state index in [1.54, 1.807) is 6.08 Å². The third-order valence-corrected chi connectivity index (χ3v) is 6.35. The molecule has 25 heavy (non-hydrogen) atoms. The van der Waals surface area contributed by atoms with Crippen LogP contribution in [-0.4, -0.2) is 31.2 Å². The zero-order valence-electron chi connectivity index (χ0n) is 14.8. The fourth-order valence-corrected chi connectivity index (χ4v) is 5.21. The normalized spacial score (nSPS) is 32.2. The van der Waals surface area contributed by atoms with Crippen LogP contribution >= 0.6 is 0 Å². The van der Waals surface area contributed by atoms with E-state index in [0.29, 0.717) is 6.42 Å². The van der Waals surface area contributed by atoms with Crippen LogP contribution in [0, 0.1) is 5.41 Å². The highest BCUT2D eigenvalue weighted by Gasteiger charge is 2.64. The predicted molar refractivity (Wildman–Crippen MR) is 95.8 cm³/mol. The zero-order valence-corrected chi connectivity index (χ0v) is 14.8. The van der Waals surface area contributed by atoms with Gasteiger partial charge in [-0.15, -0.1) is 0 Å². The number of carbonyl (C=O) groups excluding carboxylic acids is 2. The van der Waals surface area contributed by atoms with E-state index in [0.717, 1.165) is 49.1 Å². The first-order valence-electron chi connectivity index (χ1n) is 9.07. The quantitative estimate of drug-likeness (QED) is 0.664. The highest BCUT2D eigenvalue weighted by atomic mass is 16.5. The van der Waals surface area contributed by atoms with Crippen molar-refractivity contribution in [1.29, 1.82) is 0 Å². The lowest BCUT2D eigenvalue weighted by molar-refractivity contribution is -0.135. The molecule has 4 rings (SSSR count). The van der Waals surface area contributed by atoms with Crippen molar-refractivity contribution < 1.29 is 14.3 Å². The number of ether oxygens (including phenoxy) is 1. The summed E-state index contributed by atoms with van der Waals surface area (Å²) in [5, 5.41) is 3.67. The summed E-state index contributed by atoms with van der Waals surface area (Å²) in [5.41, 5.74) is 2.01. The molecule has 3 aliphatic heterocycles. The molecule has 2 unspecified atom stereocenters. The molecule has 2 atom stereocenters. The number of benzene rings is 1. The number of methoxy groups -OCH3 is 1. The van der Waals surface area contributed by atoms with E-state index < -0.39 is 5.66 Å². The van der Waals surface area contributed by atoms with Gasteiger partial charge in [0, 0.05) is 29.0 Å². The molecule has 3 heterocycles. The minimum atomic E-state index is -0.646. The Bertz CT molecular complexity index is 772. The van der Waals surface area contributed by atoms with E-state index in [4.69, 9.17) is 4.74 Å². The number of esters is 1. The number of nitrogens with one attached hydrogen (secondary N) is 1. The average molecular weight is 340 g/mol. The first kappa shape index (κ1) is 16.3. The molecule has 0 bridgehead atoms. The molecule has 0 aromatic heterocycles. The van der Waals surface area contributed by atoms with Gasteiger partial charge in [0.2, 0.25) is 5.91 Å². The maximum absolute atomic E-state index is 13.0. The molecule has 0 saturated carbocycles. The van der Waals surface area contributed by atoms with Crippen LogP contribution in [0.4, 0.5) is 5.69 Å². The lowest BCUT2D eigenvalue weighted by Crippen LogP contribution is -2.73. The van der Waals surface area contributed by atoms with Crippen molar-refractivity contribution in [3.63, 3.8) is 0 Å². The van der Waals surface area contributed by atoms with Crippen molar-refractivity contribution in [2.45, 2.75) is 44.7 Å². The Kier molecular flexibility index (Phi) is 3.72. The van der Waals surface area contributed by atoms with Crippen LogP contribution in [0.5, 0.6) is 0 Å². The van der Waals surface area contributed by atoms with E-state index in [2.05, 4.69) is 12.2 Å². The molecule has 1 aromatic rings. The van der Waals surface area contributed by atoms with Crippen molar-refractivity contribution in [2.24, 2.45) is 5.41 Å². The Morgan fingerprint density at radius 3 is 2.92 bits per heavy atom. The van der Waals surface area contributed by atoms with E-state index in [1.807, 2.05) is 29.2 Å². The third-order valence-electron chi connectivity index (χ3n) is 6.35. The van der Waals surface area contributed by atoms with Crippen LogP contribution in [0.2, 0.25) is 0 Å². The first-order chi connectivity index (χ1) is 12.1. The monoisotopic (exact) mass is 340 g/mol. The van der Waals surface area contributed by atoms with Gasteiger partial charge in [0.15, 0.2) is 0 Å². The number of carbonyl (C=O) groups is 2. The first-order valence-corrected chi connectivity index (χ1v) is 9.07. The van der Waals surface area contributed by atoms with Crippen LogP contribution in [0.15, 0.2) is 30.3 Å². The van der Waals surface area contributed by atoms with Crippen LogP contribution in [0.1, 0.15) is 44.6 Å². The van der Waals surface area contributed by atoms with Gasteiger partial charge < -0.3 is 4.74 Å². The SMILES string of the molecule is CCC12CCCNC13C(=CC(=O)OC)c1ccccc1N3C(=O)CC2. The summed E-state index contributed by atoms with van der Waals surface area (Å²) in [6.07, 6.45) is 6.07. The number of hydrogen-bond donors (Lipinski definition) is 1. The molecule has 2 fully saturated rings. The van der Waals surface area contributed by atoms with Gasteiger partial charge in [-0.2, -0.15) is 0 Å². The summed E-state index contributed by atoms with van der Waals surface area (Å²) >= 11 is 0. The smallest absolute Gasteiger partial charge is 0.330 e. The number of amides is 1. The molecule has 132 valence electrons. The summed E-state index contributed by atoms with van der Waals surface area (Å²) in [6.45, 7) is 3.03. The Labute approximate surface area is 148 Å². The van der Waals surface area contributed by atoms with Gasteiger partial charge in [-0.1, -0.05) is 25.1 Å². The average Bonchev–Trinajstić information content (AvgIpc) is 2.93. The van der Waals surface area contributed by atoms with E-state index in [1.165, 1.54) is 7.11 Å². The predicted octanol–water partition coefficient (Wildman–Crippen LogP) is 2.86. The van der Waals surface area contributed by atoms with Crippen molar-refractivity contribution in [3.8, 4) is 0 Å². The number of fused-ring (bicyclic) bond motifs is 2. The second-order valence-electron chi connectivity index (χ2n) is 7.20. The van der Waals surface area contributed by atoms with E-state index >= 15 is 0 Å². The van der Waals surface area contributed by atoms with Crippen LogP contribution < -0.4 is 10.2 Å². The van der Waals surface area contributed by atoms with Crippen LogP contribution in [-0.2, 0) is 14.3 Å². The van der Waals surface area contributed by atoms with Crippen molar-refractivity contribution in [3.05, 3.63) is 35.9 Å². The highest BCUT2D eigenvalue weighted by molar-refractivity contribution is 6.10. The lowest BCUT2D eigenvalue weighted by Gasteiger charge is -2.59. The fourth-order valence-electron chi connectivity index (χ4n) is 5.21. The summed E-state index contributed by atoms with van der Waals surface area (Å²) < 4.78 is 4.93. The molecule has 0 radical (unpaired) electrons. The van der Waals surface area contributed by atoms with Gasteiger partial charge in [0.05, 0.1) is 12.8 Å². The lowest BCUT2D eigenvalue weighted by atomic mass is 9.60. The Hall–Kier alpha value is -2.14. The minimum Gasteiger partial charge on any atom is -0.466 e. The van der Waals surface area contributed by atoms with E-state index in [9.17, 15) is 9.59 Å². The third kappa shape index (κ3) is 1.99. The minimum absolute atomic E-state index is 0.0714. The summed E-state index contributed by atoms with van der Waals surface area (Å²) in [6, 6.07) is 7.89. The van der Waals surface area contributed by atoms with Crippen molar-refractivity contribution >= 4 is 23.1 Å². The van der Waals surface area contributed by atoms with Gasteiger partial charge >= 0.3 is 5.97 Å². The molecule has 1 aromatic carbocycles. The molecule has 1 spiro atoms. The summed E-state index contributed by atoms with van der Waals surface area (Å²) in [7, 11) is 1.39. The Balaban J connectivity index is 2.03. The number of piperidine rings is 2. The highest BCUT2D eigenvalue weighted by Crippen LogP contribution is 2.61. The number of nitrogens with zero attached hydrogens (tertiary/aromatic N) is 1. The number of para-hydroxylation sites is 1. The maximum Gasteiger partial charge on any atom is 0.330 e. The van der Waals surface area contributed by atoms with Gasteiger partial charge in [0.25, 0.3) is 0 Å². The topological polar surface area (TPSA) is 58.6 Å². The molecule has 5 heteroatoms. The van der Waals surface area contributed by atoms with Crippen LogP contribution in [0.25, 0.3) is 5.57 Å². The number of hydrogen-bond acceptors (Lipinski definition) is 4. The van der Waals surface area contributed by atoms with Crippen LogP contribution in [0.3, 0.4) is 0 Å². The summed E-state index contributed by atoms with van der Waals surface area (Å²) in [4.78, 5) is 27.1.